The van der Waals surface area contributed by atoms with Crippen LogP contribution in [0.5, 0.6) is 5.88 Å². The number of hydrogen-bond donors (Lipinski definition) is 3. The molecule has 9 nitrogen and oxygen atoms in total. The van der Waals surface area contributed by atoms with Gasteiger partial charge in [0.05, 0.1) is 17.9 Å². The molecular weight excluding hydrogens is 384 g/mol. The zero-order valence-electron chi connectivity index (χ0n) is 15.9. The van der Waals surface area contributed by atoms with Crippen LogP contribution in [0, 0.1) is 16.7 Å². The van der Waals surface area contributed by atoms with Crippen molar-refractivity contribution in [1.82, 2.24) is 19.9 Å². The van der Waals surface area contributed by atoms with E-state index >= 15 is 0 Å². The van der Waals surface area contributed by atoms with Crippen LogP contribution in [0.25, 0.3) is 0 Å². The Balaban J connectivity index is 1.70. The molecule has 0 amide bonds. The van der Waals surface area contributed by atoms with E-state index < -0.39 is 19.1 Å². The first kappa shape index (κ1) is 20.6. The van der Waals surface area contributed by atoms with Gasteiger partial charge >= 0.3 is 0 Å². The van der Waals surface area contributed by atoms with E-state index in [9.17, 15) is 19.1 Å². The molecule has 11 heteroatoms. The average molecular weight is 405 g/mol. The zero-order chi connectivity index (χ0) is 21.0. The van der Waals surface area contributed by atoms with Gasteiger partial charge in [-0.1, -0.05) is 13.8 Å². The van der Waals surface area contributed by atoms with E-state index in [1.54, 1.807) is 0 Å². The first-order valence-corrected chi connectivity index (χ1v) is 8.96. The number of rotatable bonds is 8. The van der Waals surface area contributed by atoms with Crippen LogP contribution in [0.2, 0.25) is 0 Å². The van der Waals surface area contributed by atoms with Crippen molar-refractivity contribution in [2.24, 2.45) is 5.41 Å². The number of halogens is 2. The Hall–Kier alpha value is -3.13. The molecule has 2 aromatic rings. The second kappa shape index (κ2) is 8.48. The van der Waals surface area contributed by atoms with E-state index in [4.69, 9.17) is 4.74 Å². The van der Waals surface area contributed by atoms with Crippen molar-refractivity contribution in [1.29, 1.82) is 5.26 Å². The summed E-state index contributed by atoms with van der Waals surface area (Å²) in [5, 5.41) is 25.4. The number of hydrogen-bond acceptors (Lipinski definition) is 9. The standard InChI is InChI=1S/C18H21F2N7O2/c1-18(2)12(3-13(18)28)26-15-10(4-21)6-23-17(27-15)24-7-11-5-22-9-25-16(11)29-8-14(19)20/h5-6,9,12-14,28H,3,7-8H2,1-2H3,(H2,23,24,26,27)/t12?,13-/m0/s1. The molecule has 1 unspecified atom stereocenters. The van der Waals surface area contributed by atoms with Crippen LogP contribution in [0.4, 0.5) is 20.5 Å². The predicted octanol–water partition coefficient (Wildman–Crippen LogP) is 1.97. The fourth-order valence-corrected chi connectivity index (χ4v) is 2.89. The molecule has 1 aliphatic rings. The van der Waals surface area contributed by atoms with Gasteiger partial charge in [-0.2, -0.15) is 10.2 Å². The first-order valence-electron chi connectivity index (χ1n) is 8.96. The van der Waals surface area contributed by atoms with Crippen molar-refractivity contribution in [2.45, 2.75) is 45.4 Å². The number of aliphatic hydroxyl groups excluding tert-OH is 1. The predicted molar refractivity (Wildman–Crippen MR) is 99.4 cm³/mol. The highest BCUT2D eigenvalue weighted by molar-refractivity contribution is 5.54. The summed E-state index contributed by atoms with van der Waals surface area (Å²) in [6.45, 7) is 3.23. The summed E-state index contributed by atoms with van der Waals surface area (Å²) in [5.41, 5.74) is 0.388. The van der Waals surface area contributed by atoms with Crippen LogP contribution >= 0.6 is 0 Å². The van der Waals surface area contributed by atoms with Crippen molar-refractivity contribution < 1.29 is 18.6 Å². The molecule has 1 fully saturated rings. The van der Waals surface area contributed by atoms with Crippen LogP contribution in [0.3, 0.4) is 0 Å². The number of nitrogens with zero attached hydrogens (tertiary/aromatic N) is 5. The normalized spacial score (nSPS) is 19.9. The number of aromatic nitrogens is 4. The third kappa shape index (κ3) is 4.65. The van der Waals surface area contributed by atoms with Crippen LogP contribution < -0.4 is 15.4 Å². The average Bonchev–Trinajstić information content (AvgIpc) is 2.71. The molecule has 0 aliphatic heterocycles. The molecular formula is C18H21F2N7O2. The second-order valence-corrected chi connectivity index (χ2v) is 7.25. The quantitative estimate of drug-likeness (QED) is 0.603. The Labute approximate surface area is 166 Å². The van der Waals surface area contributed by atoms with Gasteiger partial charge < -0.3 is 20.5 Å². The van der Waals surface area contributed by atoms with Crippen molar-refractivity contribution in [3.8, 4) is 11.9 Å². The minimum atomic E-state index is -2.62. The summed E-state index contributed by atoms with van der Waals surface area (Å²) in [4.78, 5) is 16.2. The largest absolute Gasteiger partial charge is 0.471 e. The fourth-order valence-electron chi connectivity index (χ4n) is 2.89. The Morgan fingerprint density at radius 3 is 2.83 bits per heavy atom. The van der Waals surface area contributed by atoms with Gasteiger partial charge in [0.25, 0.3) is 6.43 Å². The molecule has 0 spiro atoms. The lowest BCUT2D eigenvalue weighted by Gasteiger charge is -2.49. The van der Waals surface area contributed by atoms with E-state index in [-0.39, 0.29) is 35.4 Å². The van der Waals surface area contributed by atoms with E-state index in [0.717, 1.165) is 0 Å². The number of anilines is 2. The van der Waals surface area contributed by atoms with E-state index in [1.165, 1.54) is 18.7 Å². The third-order valence-corrected chi connectivity index (χ3v) is 4.97. The molecule has 0 aromatic carbocycles. The van der Waals surface area contributed by atoms with Gasteiger partial charge in [0.15, 0.2) is 6.61 Å². The Morgan fingerprint density at radius 2 is 2.17 bits per heavy atom. The Morgan fingerprint density at radius 1 is 1.38 bits per heavy atom. The number of alkyl halides is 2. The van der Waals surface area contributed by atoms with Gasteiger partial charge in [0.1, 0.15) is 23.8 Å². The molecule has 154 valence electrons. The number of nitrogens with one attached hydrogen (secondary N) is 2. The van der Waals surface area contributed by atoms with Gasteiger partial charge in [0, 0.05) is 24.2 Å². The van der Waals surface area contributed by atoms with Crippen LogP contribution in [-0.4, -0.2) is 50.2 Å². The topological polar surface area (TPSA) is 129 Å². The molecule has 1 aliphatic carbocycles. The number of nitriles is 1. The number of ether oxygens (including phenoxy) is 1. The van der Waals surface area contributed by atoms with E-state index in [0.29, 0.717) is 17.8 Å². The van der Waals surface area contributed by atoms with Gasteiger partial charge in [-0.05, 0) is 6.42 Å². The lowest BCUT2D eigenvalue weighted by molar-refractivity contribution is -0.0511. The van der Waals surface area contributed by atoms with Gasteiger partial charge in [-0.25, -0.2) is 23.7 Å². The van der Waals surface area contributed by atoms with Crippen LogP contribution in [0.1, 0.15) is 31.4 Å². The fraction of sp³-hybridized carbons (Fsp3) is 0.500. The molecule has 2 atom stereocenters. The van der Waals surface area contributed by atoms with E-state index in [2.05, 4.69) is 30.6 Å². The smallest absolute Gasteiger partial charge is 0.272 e. The zero-order valence-corrected chi connectivity index (χ0v) is 15.9. The minimum absolute atomic E-state index is 0.0378. The lowest BCUT2D eigenvalue weighted by Crippen LogP contribution is -2.57. The Kier molecular flexibility index (Phi) is 6.03. The SMILES string of the molecule is CC1(C)C(Nc2nc(NCc3cncnc3OCC(F)F)ncc2C#N)C[C@@H]1O. The van der Waals surface area contributed by atoms with Gasteiger partial charge in [0.2, 0.25) is 11.8 Å². The Bertz CT molecular complexity index is 904. The highest BCUT2D eigenvalue weighted by Crippen LogP contribution is 2.42. The molecule has 1 saturated carbocycles. The minimum Gasteiger partial charge on any atom is -0.471 e. The van der Waals surface area contributed by atoms with Crippen LogP contribution in [0.15, 0.2) is 18.7 Å². The maximum Gasteiger partial charge on any atom is 0.272 e. The maximum absolute atomic E-state index is 12.4. The van der Waals surface area contributed by atoms with E-state index in [1.807, 2.05) is 19.9 Å². The van der Waals surface area contributed by atoms with Gasteiger partial charge in [-0.15, -0.1) is 0 Å². The first-order chi connectivity index (χ1) is 13.8. The molecule has 3 rings (SSSR count). The molecule has 0 saturated heterocycles. The van der Waals surface area contributed by atoms with Crippen molar-refractivity contribution >= 4 is 11.8 Å². The van der Waals surface area contributed by atoms with Crippen molar-refractivity contribution in [2.75, 3.05) is 17.2 Å². The monoisotopic (exact) mass is 405 g/mol. The molecule has 0 bridgehead atoms. The maximum atomic E-state index is 12.4. The molecule has 29 heavy (non-hydrogen) atoms. The lowest BCUT2D eigenvalue weighted by atomic mass is 9.64. The second-order valence-electron chi connectivity index (χ2n) is 7.25. The molecule has 2 heterocycles. The van der Waals surface area contributed by atoms with Crippen molar-refractivity contribution in [3.05, 3.63) is 29.8 Å². The summed E-state index contributed by atoms with van der Waals surface area (Å²) >= 11 is 0. The summed E-state index contributed by atoms with van der Waals surface area (Å²) < 4.78 is 29.8. The van der Waals surface area contributed by atoms with Crippen molar-refractivity contribution in [3.63, 3.8) is 0 Å². The third-order valence-electron chi connectivity index (χ3n) is 4.97. The summed E-state index contributed by atoms with van der Waals surface area (Å²) in [7, 11) is 0. The summed E-state index contributed by atoms with van der Waals surface area (Å²) in [5.74, 6) is 0.631. The number of aliphatic hydroxyl groups is 1. The molecule has 0 radical (unpaired) electrons. The summed E-state index contributed by atoms with van der Waals surface area (Å²) in [6, 6.07) is 2.00. The highest BCUT2D eigenvalue weighted by Gasteiger charge is 2.47. The molecule has 2 aromatic heterocycles. The molecule has 3 N–H and O–H groups in total. The van der Waals surface area contributed by atoms with Crippen LogP contribution in [-0.2, 0) is 6.54 Å². The van der Waals surface area contributed by atoms with Gasteiger partial charge in [-0.3, -0.25) is 0 Å². The highest BCUT2D eigenvalue weighted by atomic mass is 19.3. The summed E-state index contributed by atoms with van der Waals surface area (Å²) in [6.07, 6.45) is 1.55.